The third-order valence-electron chi connectivity index (χ3n) is 3.79. The summed E-state index contributed by atoms with van der Waals surface area (Å²) in [6.45, 7) is 4.29. The van der Waals surface area contributed by atoms with Crippen LogP contribution < -0.4 is 16.4 Å². The van der Waals surface area contributed by atoms with Gasteiger partial charge < -0.3 is 21.4 Å². The molecule has 0 spiro atoms. The van der Waals surface area contributed by atoms with Crippen LogP contribution in [-0.2, 0) is 12.6 Å². The van der Waals surface area contributed by atoms with Crippen molar-refractivity contribution in [3.8, 4) is 0 Å². The Hall–Kier alpha value is -2.94. The summed E-state index contributed by atoms with van der Waals surface area (Å²) in [5.41, 5.74) is 7.05. The van der Waals surface area contributed by atoms with Crippen LogP contribution in [0.25, 0.3) is 11.0 Å². The number of amides is 2. The number of nitrogens with one attached hydrogen (secondary N) is 3. The summed E-state index contributed by atoms with van der Waals surface area (Å²) < 4.78 is 38.5. The predicted octanol–water partition coefficient (Wildman–Crippen LogP) is 5.21. The lowest BCUT2D eigenvalue weighted by molar-refractivity contribution is -0.137. The second-order valence-corrected chi connectivity index (χ2v) is 6.20. The Labute approximate surface area is 170 Å². The van der Waals surface area contributed by atoms with Gasteiger partial charge in [-0.05, 0) is 42.3 Å². The van der Waals surface area contributed by atoms with E-state index in [9.17, 15) is 18.0 Å². The van der Waals surface area contributed by atoms with Gasteiger partial charge in [-0.2, -0.15) is 13.2 Å². The van der Waals surface area contributed by atoms with Crippen molar-refractivity contribution in [1.82, 2.24) is 15.3 Å². The third-order valence-corrected chi connectivity index (χ3v) is 4.12. The molecule has 3 aromatic rings. The fourth-order valence-electron chi connectivity index (χ4n) is 2.55. The molecule has 6 nitrogen and oxygen atoms in total. The molecule has 0 aliphatic carbocycles. The van der Waals surface area contributed by atoms with Crippen molar-refractivity contribution in [2.24, 2.45) is 0 Å². The average molecular weight is 428 g/mol. The first-order valence-electron chi connectivity index (χ1n) is 8.88. The minimum Gasteiger partial charge on any atom is -0.369 e. The van der Waals surface area contributed by atoms with Crippen LogP contribution in [0.15, 0.2) is 36.4 Å². The molecule has 0 bridgehead atoms. The molecule has 2 aromatic carbocycles. The Morgan fingerprint density at radius 3 is 2.62 bits per heavy atom. The van der Waals surface area contributed by atoms with Crippen molar-refractivity contribution in [2.75, 3.05) is 17.6 Å². The number of rotatable bonds is 4. The van der Waals surface area contributed by atoms with Gasteiger partial charge in [-0.25, -0.2) is 9.78 Å². The number of halogens is 4. The fraction of sp³-hybridized carbons (Fsp3) is 0.263. The number of nitrogen functional groups attached to an aromatic ring is 1. The highest BCUT2D eigenvalue weighted by atomic mass is 35.5. The van der Waals surface area contributed by atoms with Gasteiger partial charge in [0.1, 0.15) is 0 Å². The van der Waals surface area contributed by atoms with E-state index in [1.807, 2.05) is 32.0 Å². The van der Waals surface area contributed by atoms with Crippen molar-refractivity contribution in [3.05, 3.63) is 52.5 Å². The van der Waals surface area contributed by atoms with Gasteiger partial charge in [0.05, 0.1) is 21.6 Å². The molecule has 0 aliphatic rings. The Bertz CT molecular complexity index is 988. The quantitative estimate of drug-likeness (QED) is 0.460. The van der Waals surface area contributed by atoms with Crippen LogP contribution >= 0.6 is 11.6 Å². The van der Waals surface area contributed by atoms with Crippen LogP contribution in [0.3, 0.4) is 0 Å². The van der Waals surface area contributed by atoms with Gasteiger partial charge in [0.25, 0.3) is 0 Å². The maximum atomic E-state index is 12.8. The Balaban J connectivity index is 0.00000145. The van der Waals surface area contributed by atoms with E-state index in [0.29, 0.717) is 18.9 Å². The normalized spacial score (nSPS) is 11.0. The maximum Gasteiger partial charge on any atom is 0.417 e. The molecule has 1 aromatic heterocycles. The molecule has 0 aliphatic heterocycles. The Kier molecular flexibility index (Phi) is 7.33. The molecule has 3 rings (SSSR count). The summed E-state index contributed by atoms with van der Waals surface area (Å²) in [6.07, 6.45) is -4.07. The molecule has 10 heteroatoms. The summed E-state index contributed by atoms with van der Waals surface area (Å²) in [6, 6.07) is 8.10. The Morgan fingerprint density at radius 2 is 1.93 bits per heavy atom. The zero-order valence-corrected chi connectivity index (χ0v) is 16.6. The van der Waals surface area contributed by atoms with E-state index in [0.717, 1.165) is 28.7 Å². The number of alkyl halides is 3. The highest BCUT2D eigenvalue weighted by Gasteiger charge is 2.33. The van der Waals surface area contributed by atoms with Crippen LogP contribution in [0, 0.1) is 0 Å². The van der Waals surface area contributed by atoms with Crippen molar-refractivity contribution < 1.29 is 18.0 Å². The third kappa shape index (κ3) is 6.02. The summed E-state index contributed by atoms with van der Waals surface area (Å²) in [7, 11) is 0. The van der Waals surface area contributed by atoms with Crippen molar-refractivity contribution >= 4 is 40.3 Å². The van der Waals surface area contributed by atoms with E-state index in [1.165, 1.54) is 6.07 Å². The first kappa shape index (κ1) is 22.4. The molecular weight excluding hydrogens is 407 g/mol. The lowest BCUT2D eigenvalue weighted by Crippen LogP contribution is -2.30. The molecule has 0 radical (unpaired) electrons. The monoisotopic (exact) mass is 427 g/mol. The number of anilines is 2. The van der Waals surface area contributed by atoms with Crippen molar-refractivity contribution in [1.29, 1.82) is 0 Å². The first-order valence-corrected chi connectivity index (χ1v) is 9.26. The van der Waals surface area contributed by atoms with E-state index >= 15 is 0 Å². The van der Waals surface area contributed by atoms with Gasteiger partial charge in [-0.15, -0.1) is 0 Å². The second kappa shape index (κ2) is 9.51. The lowest BCUT2D eigenvalue weighted by Gasteiger charge is -2.12. The molecular formula is C19H21ClF3N5O. The zero-order chi connectivity index (χ0) is 21.6. The number of nitrogens with two attached hydrogens (primary N) is 1. The van der Waals surface area contributed by atoms with Crippen LogP contribution in [0.4, 0.5) is 29.6 Å². The van der Waals surface area contributed by atoms with Crippen LogP contribution in [0.5, 0.6) is 0 Å². The summed E-state index contributed by atoms with van der Waals surface area (Å²) >= 11 is 5.55. The van der Waals surface area contributed by atoms with Crippen molar-refractivity contribution in [3.63, 3.8) is 0 Å². The summed E-state index contributed by atoms with van der Waals surface area (Å²) in [5.74, 6) is 0.320. The van der Waals surface area contributed by atoms with Gasteiger partial charge >= 0.3 is 12.2 Å². The summed E-state index contributed by atoms with van der Waals surface area (Å²) in [5, 5.41) is 4.52. The summed E-state index contributed by atoms with van der Waals surface area (Å²) in [4.78, 5) is 18.9. The standard InChI is InChI=1S/C17H15ClF3N5O.C2H6/c18-12-3-2-10(8-11(12)17(19,20)21)24-16(27)23-6-5-9-1-4-13-14(7-9)26-15(22)25-13;1-2/h1-4,7-8H,5-6H2,(H3,22,25,26)(H2,23,24,27);1-2H3. The number of H-pyrrole nitrogens is 1. The predicted molar refractivity (Wildman–Crippen MR) is 109 cm³/mol. The highest BCUT2D eigenvalue weighted by molar-refractivity contribution is 6.31. The highest BCUT2D eigenvalue weighted by Crippen LogP contribution is 2.36. The zero-order valence-electron chi connectivity index (χ0n) is 15.8. The molecule has 156 valence electrons. The van der Waals surface area contributed by atoms with Crippen molar-refractivity contribution in [2.45, 2.75) is 26.4 Å². The smallest absolute Gasteiger partial charge is 0.369 e. The molecule has 0 atom stereocenters. The van der Waals surface area contributed by atoms with Crippen LogP contribution in [-0.4, -0.2) is 22.5 Å². The number of hydrogen-bond donors (Lipinski definition) is 4. The molecule has 0 unspecified atom stereocenters. The molecule has 0 fully saturated rings. The number of carbonyl (C=O) groups is 1. The molecule has 29 heavy (non-hydrogen) atoms. The fourth-order valence-corrected chi connectivity index (χ4v) is 2.77. The van der Waals surface area contributed by atoms with Crippen LogP contribution in [0.2, 0.25) is 5.02 Å². The van der Waals surface area contributed by atoms with Gasteiger partial charge in [-0.3, -0.25) is 0 Å². The number of hydrogen-bond acceptors (Lipinski definition) is 3. The number of aromatic amines is 1. The average Bonchev–Trinajstić information content (AvgIpc) is 3.03. The molecule has 2 amide bonds. The number of carbonyl (C=O) groups excluding carboxylic acids is 1. The van der Waals surface area contributed by atoms with E-state index < -0.39 is 22.8 Å². The largest absolute Gasteiger partial charge is 0.417 e. The van der Waals surface area contributed by atoms with Gasteiger partial charge in [0.15, 0.2) is 5.95 Å². The van der Waals surface area contributed by atoms with Gasteiger partial charge in [0, 0.05) is 12.2 Å². The Morgan fingerprint density at radius 1 is 1.21 bits per heavy atom. The van der Waals surface area contributed by atoms with Crippen LogP contribution in [0.1, 0.15) is 25.0 Å². The first-order chi connectivity index (χ1) is 13.7. The SMILES string of the molecule is CC.Nc1nc2ccc(CCNC(=O)Nc3ccc(Cl)c(C(F)(F)F)c3)cc2[nH]1. The molecule has 0 saturated carbocycles. The van der Waals surface area contributed by atoms with E-state index in [2.05, 4.69) is 20.6 Å². The number of urea groups is 1. The number of aromatic nitrogens is 2. The topological polar surface area (TPSA) is 95.8 Å². The molecule has 5 N–H and O–H groups in total. The number of benzene rings is 2. The minimum absolute atomic E-state index is 0.00132. The number of fused-ring (bicyclic) bond motifs is 1. The van der Waals surface area contributed by atoms with E-state index in [4.69, 9.17) is 17.3 Å². The van der Waals surface area contributed by atoms with E-state index in [1.54, 1.807) is 0 Å². The van der Waals surface area contributed by atoms with Gasteiger partial charge in [0.2, 0.25) is 0 Å². The molecule has 1 heterocycles. The maximum absolute atomic E-state index is 12.8. The lowest BCUT2D eigenvalue weighted by atomic mass is 10.1. The minimum atomic E-state index is -4.60. The number of nitrogens with zero attached hydrogens (tertiary/aromatic N) is 1. The van der Waals surface area contributed by atoms with E-state index in [-0.39, 0.29) is 5.69 Å². The molecule has 0 saturated heterocycles. The second-order valence-electron chi connectivity index (χ2n) is 5.80. The van der Waals surface area contributed by atoms with Gasteiger partial charge in [-0.1, -0.05) is 31.5 Å². The number of imidazole rings is 1.